The summed E-state index contributed by atoms with van der Waals surface area (Å²) in [6.45, 7) is 6.21. The highest BCUT2D eigenvalue weighted by Gasteiger charge is 2.27. The lowest BCUT2D eigenvalue weighted by molar-refractivity contribution is -0.385. The fourth-order valence-corrected chi connectivity index (χ4v) is 2.73. The van der Waals surface area contributed by atoms with Crippen LogP contribution in [0.15, 0.2) is 18.2 Å². The lowest BCUT2D eigenvalue weighted by Gasteiger charge is -2.34. The van der Waals surface area contributed by atoms with Gasteiger partial charge in [-0.3, -0.25) is 14.9 Å². The van der Waals surface area contributed by atoms with Crippen LogP contribution in [0.4, 0.5) is 5.69 Å². The van der Waals surface area contributed by atoms with Crippen molar-refractivity contribution in [3.63, 3.8) is 0 Å². The number of nitrogens with one attached hydrogen (secondary N) is 2. The van der Waals surface area contributed by atoms with E-state index in [9.17, 15) is 14.9 Å². The van der Waals surface area contributed by atoms with E-state index in [1.54, 1.807) is 19.1 Å². The fraction of sp³-hybridized carbons (Fsp3) is 0.533. The summed E-state index contributed by atoms with van der Waals surface area (Å²) in [4.78, 5) is 22.7. The van der Waals surface area contributed by atoms with Crippen LogP contribution in [-0.2, 0) is 0 Å². The van der Waals surface area contributed by atoms with Gasteiger partial charge in [-0.25, -0.2) is 0 Å². The molecule has 6 nitrogen and oxygen atoms in total. The van der Waals surface area contributed by atoms with Crippen molar-refractivity contribution in [2.45, 2.75) is 26.7 Å². The molecule has 2 rings (SSSR count). The molecule has 122 valence electrons. The van der Waals surface area contributed by atoms with Gasteiger partial charge in [0.2, 0.25) is 0 Å². The van der Waals surface area contributed by atoms with Gasteiger partial charge in [-0.15, -0.1) is 12.4 Å². The minimum atomic E-state index is -0.460. The predicted molar refractivity (Wildman–Crippen MR) is 87.6 cm³/mol. The molecule has 1 aliphatic rings. The summed E-state index contributed by atoms with van der Waals surface area (Å²) in [6, 6.07) is 4.58. The van der Waals surface area contributed by atoms with E-state index in [-0.39, 0.29) is 29.4 Å². The Hall–Kier alpha value is -1.66. The first-order chi connectivity index (χ1) is 9.93. The molecule has 22 heavy (non-hydrogen) atoms. The number of nitro groups is 1. The number of nitrogens with zero attached hydrogens (tertiary/aromatic N) is 1. The quantitative estimate of drug-likeness (QED) is 0.657. The number of nitro benzene ring substituents is 1. The Balaban J connectivity index is 0.00000242. The van der Waals surface area contributed by atoms with E-state index < -0.39 is 4.92 Å². The second kappa shape index (κ2) is 7.56. The minimum absolute atomic E-state index is 0. The second-order valence-electron chi connectivity index (χ2n) is 5.98. The topological polar surface area (TPSA) is 84.3 Å². The van der Waals surface area contributed by atoms with Crippen LogP contribution >= 0.6 is 12.4 Å². The molecule has 1 saturated heterocycles. The first-order valence-corrected chi connectivity index (χ1v) is 7.16. The number of rotatable bonds is 4. The lowest BCUT2D eigenvalue weighted by atomic mass is 9.82. The molecule has 1 aliphatic heterocycles. The third-order valence-electron chi connectivity index (χ3n) is 4.11. The molecule has 1 fully saturated rings. The average molecular weight is 328 g/mol. The third kappa shape index (κ3) is 4.18. The van der Waals surface area contributed by atoms with E-state index in [0.29, 0.717) is 17.7 Å². The van der Waals surface area contributed by atoms with Gasteiger partial charge in [0, 0.05) is 30.3 Å². The highest BCUT2D eigenvalue weighted by Crippen LogP contribution is 2.25. The molecule has 0 spiro atoms. The first kappa shape index (κ1) is 18.4. The van der Waals surface area contributed by atoms with E-state index in [0.717, 1.165) is 25.9 Å². The molecular formula is C15H22ClN3O3. The van der Waals surface area contributed by atoms with Crippen molar-refractivity contribution < 1.29 is 9.72 Å². The molecule has 0 saturated carbocycles. The maximum absolute atomic E-state index is 12.3. The number of benzene rings is 1. The summed E-state index contributed by atoms with van der Waals surface area (Å²) in [5, 5.41) is 17.2. The van der Waals surface area contributed by atoms with Crippen LogP contribution in [-0.4, -0.2) is 30.5 Å². The molecule has 2 N–H and O–H groups in total. The van der Waals surface area contributed by atoms with E-state index >= 15 is 0 Å². The number of halogens is 1. The van der Waals surface area contributed by atoms with Crippen molar-refractivity contribution in [3.8, 4) is 0 Å². The number of hydrogen-bond donors (Lipinski definition) is 2. The molecule has 1 unspecified atom stereocenters. The van der Waals surface area contributed by atoms with E-state index in [1.807, 2.05) is 0 Å². The number of carbonyl (C=O) groups excluding carboxylic acids is 1. The van der Waals surface area contributed by atoms with Gasteiger partial charge in [0.05, 0.1) is 4.92 Å². The summed E-state index contributed by atoms with van der Waals surface area (Å²) >= 11 is 0. The SMILES string of the molecule is Cc1c(C(=O)NCC2(C)CCCNC2)cccc1[N+](=O)[O-].Cl. The first-order valence-electron chi connectivity index (χ1n) is 7.16. The molecule has 1 aromatic rings. The van der Waals surface area contributed by atoms with Crippen LogP contribution in [0.25, 0.3) is 0 Å². The van der Waals surface area contributed by atoms with Crippen LogP contribution < -0.4 is 10.6 Å². The zero-order valence-corrected chi connectivity index (χ0v) is 13.7. The smallest absolute Gasteiger partial charge is 0.273 e. The van der Waals surface area contributed by atoms with Crippen LogP contribution in [0.5, 0.6) is 0 Å². The zero-order chi connectivity index (χ0) is 15.5. The van der Waals surface area contributed by atoms with Crippen LogP contribution in [0.2, 0.25) is 0 Å². The number of carbonyl (C=O) groups is 1. The Morgan fingerprint density at radius 2 is 2.23 bits per heavy atom. The van der Waals surface area contributed by atoms with Crippen molar-refractivity contribution >= 4 is 24.0 Å². The molecule has 1 aromatic carbocycles. The molecule has 1 amide bonds. The number of piperidine rings is 1. The van der Waals surface area contributed by atoms with Gasteiger partial charge in [0.15, 0.2) is 0 Å². The monoisotopic (exact) mass is 327 g/mol. The standard InChI is InChI=1S/C15H21N3O3.ClH/c1-11-12(5-3-6-13(11)18(20)21)14(19)17-10-15(2)7-4-8-16-9-15;/h3,5-6,16H,4,7-10H2,1-2H3,(H,17,19);1H. The Morgan fingerprint density at radius 3 is 2.82 bits per heavy atom. The van der Waals surface area contributed by atoms with Gasteiger partial charge in [-0.2, -0.15) is 0 Å². The molecule has 1 heterocycles. The van der Waals surface area contributed by atoms with Crippen molar-refractivity contribution in [2.24, 2.45) is 5.41 Å². The van der Waals surface area contributed by atoms with Crippen molar-refractivity contribution in [1.29, 1.82) is 0 Å². The van der Waals surface area contributed by atoms with E-state index in [4.69, 9.17) is 0 Å². The maximum Gasteiger partial charge on any atom is 0.273 e. The Kier molecular flexibility index (Phi) is 6.32. The molecule has 0 radical (unpaired) electrons. The van der Waals surface area contributed by atoms with E-state index in [1.165, 1.54) is 6.07 Å². The third-order valence-corrected chi connectivity index (χ3v) is 4.11. The maximum atomic E-state index is 12.3. The van der Waals surface area contributed by atoms with Crippen molar-refractivity contribution in [3.05, 3.63) is 39.4 Å². The van der Waals surface area contributed by atoms with Crippen LogP contribution in [0, 0.1) is 22.5 Å². The predicted octanol–water partition coefficient (Wildman–Crippen LogP) is 2.44. The van der Waals surface area contributed by atoms with Crippen LogP contribution in [0.3, 0.4) is 0 Å². The Morgan fingerprint density at radius 1 is 1.50 bits per heavy atom. The molecule has 0 aliphatic carbocycles. The molecule has 7 heteroatoms. The molecule has 0 bridgehead atoms. The highest BCUT2D eigenvalue weighted by molar-refractivity contribution is 5.96. The minimum Gasteiger partial charge on any atom is -0.351 e. The van der Waals surface area contributed by atoms with Gasteiger partial charge in [0.1, 0.15) is 0 Å². The average Bonchev–Trinajstić information content (AvgIpc) is 2.45. The number of hydrogen-bond acceptors (Lipinski definition) is 4. The normalized spacial score (nSPS) is 20.8. The van der Waals surface area contributed by atoms with Gasteiger partial charge >= 0.3 is 0 Å². The Labute approximate surface area is 136 Å². The summed E-state index contributed by atoms with van der Waals surface area (Å²) in [5.41, 5.74) is 0.805. The van der Waals surface area contributed by atoms with Gasteiger partial charge in [0.25, 0.3) is 11.6 Å². The Bertz CT molecular complexity index is 557. The zero-order valence-electron chi connectivity index (χ0n) is 12.8. The van der Waals surface area contributed by atoms with Gasteiger partial charge in [-0.05, 0) is 37.8 Å². The fourth-order valence-electron chi connectivity index (χ4n) is 2.73. The van der Waals surface area contributed by atoms with Gasteiger partial charge in [-0.1, -0.05) is 13.0 Å². The summed E-state index contributed by atoms with van der Waals surface area (Å²) in [7, 11) is 0. The molecule has 0 aromatic heterocycles. The van der Waals surface area contributed by atoms with E-state index in [2.05, 4.69) is 17.6 Å². The van der Waals surface area contributed by atoms with Crippen LogP contribution in [0.1, 0.15) is 35.7 Å². The lowest BCUT2D eigenvalue weighted by Crippen LogP contribution is -2.45. The van der Waals surface area contributed by atoms with Crippen molar-refractivity contribution in [2.75, 3.05) is 19.6 Å². The largest absolute Gasteiger partial charge is 0.351 e. The highest BCUT2D eigenvalue weighted by atomic mass is 35.5. The summed E-state index contributed by atoms with van der Waals surface area (Å²) < 4.78 is 0. The molecule has 1 atom stereocenters. The van der Waals surface area contributed by atoms with Crippen molar-refractivity contribution in [1.82, 2.24) is 10.6 Å². The summed E-state index contributed by atoms with van der Waals surface area (Å²) in [5.74, 6) is -0.247. The van der Waals surface area contributed by atoms with Gasteiger partial charge < -0.3 is 10.6 Å². The summed E-state index contributed by atoms with van der Waals surface area (Å²) in [6.07, 6.45) is 2.16. The number of amides is 1. The molecular weight excluding hydrogens is 306 g/mol. The second-order valence-corrected chi connectivity index (χ2v) is 5.98.